The van der Waals surface area contributed by atoms with Crippen LogP contribution in [0.3, 0.4) is 0 Å². The second kappa shape index (κ2) is 7.49. The van der Waals surface area contributed by atoms with Crippen LogP contribution in [0.15, 0.2) is 48.5 Å². The Morgan fingerprint density at radius 3 is 2.71 bits per heavy atom. The van der Waals surface area contributed by atoms with Gasteiger partial charge in [0, 0.05) is 11.7 Å². The molecule has 0 aromatic heterocycles. The number of para-hydroxylation sites is 1. The molecule has 1 heterocycles. The standard InChI is InChI=1S/C20H24N2O2/c1-2-15-6-3-4-7-18(15)21-20(24)14-22-13-5-8-19(22)16-9-11-17(23)12-10-16/h3-4,6-7,9-12,19,23H,2,5,8,13-14H2,1H3,(H,21,24)/t19-/m1/s1. The van der Waals surface area contributed by atoms with Crippen molar-refractivity contribution in [2.24, 2.45) is 0 Å². The Balaban J connectivity index is 1.66. The van der Waals surface area contributed by atoms with Crippen molar-refractivity contribution in [1.82, 2.24) is 4.90 Å². The van der Waals surface area contributed by atoms with Crippen molar-refractivity contribution in [2.45, 2.75) is 32.2 Å². The van der Waals surface area contributed by atoms with Crippen LogP contribution in [-0.4, -0.2) is 29.0 Å². The molecule has 1 amide bonds. The molecule has 0 saturated carbocycles. The highest BCUT2D eigenvalue weighted by Crippen LogP contribution is 2.32. The minimum Gasteiger partial charge on any atom is -0.508 e. The predicted molar refractivity (Wildman–Crippen MR) is 96.1 cm³/mol. The normalized spacial score (nSPS) is 17.8. The van der Waals surface area contributed by atoms with Crippen molar-refractivity contribution in [3.05, 3.63) is 59.7 Å². The lowest BCUT2D eigenvalue weighted by Gasteiger charge is -2.24. The minimum absolute atomic E-state index is 0.0292. The van der Waals surface area contributed by atoms with Crippen molar-refractivity contribution in [1.29, 1.82) is 0 Å². The summed E-state index contributed by atoms with van der Waals surface area (Å²) in [6.45, 7) is 3.41. The molecule has 2 aromatic carbocycles. The fraction of sp³-hybridized carbons (Fsp3) is 0.350. The molecule has 3 rings (SSSR count). The molecule has 0 spiro atoms. The number of nitrogens with zero attached hydrogens (tertiary/aromatic N) is 1. The van der Waals surface area contributed by atoms with Crippen molar-refractivity contribution >= 4 is 11.6 Å². The lowest BCUT2D eigenvalue weighted by atomic mass is 10.0. The van der Waals surface area contributed by atoms with E-state index in [4.69, 9.17) is 0 Å². The van der Waals surface area contributed by atoms with Crippen molar-refractivity contribution in [2.75, 3.05) is 18.4 Å². The summed E-state index contributed by atoms with van der Waals surface area (Å²) in [4.78, 5) is 14.7. The molecule has 1 aliphatic heterocycles. The lowest BCUT2D eigenvalue weighted by molar-refractivity contribution is -0.117. The maximum absolute atomic E-state index is 12.5. The van der Waals surface area contributed by atoms with Gasteiger partial charge in [0.1, 0.15) is 5.75 Å². The Labute approximate surface area is 143 Å². The van der Waals surface area contributed by atoms with E-state index in [2.05, 4.69) is 17.1 Å². The predicted octanol–water partition coefficient (Wildman–Crippen LogP) is 3.73. The first-order chi connectivity index (χ1) is 11.7. The first-order valence-electron chi connectivity index (χ1n) is 8.58. The summed E-state index contributed by atoms with van der Waals surface area (Å²) >= 11 is 0. The second-order valence-corrected chi connectivity index (χ2v) is 6.28. The van der Waals surface area contributed by atoms with Crippen LogP contribution >= 0.6 is 0 Å². The number of likely N-dealkylation sites (tertiary alicyclic amines) is 1. The van der Waals surface area contributed by atoms with Crippen LogP contribution in [0, 0.1) is 0 Å². The van der Waals surface area contributed by atoms with Gasteiger partial charge in [-0.15, -0.1) is 0 Å². The molecular formula is C20H24N2O2. The largest absolute Gasteiger partial charge is 0.508 e. The topological polar surface area (TPSA) is 52.6 Å². The van der Waals surface area contributed by atoms with Gasteiger partial charge >= 0.3 is 0 Å². The Hall–Kier alpha value is -2.33. The zero-order valence-corrected chi connectivity index (χ0v) is 14.0. The van der Waals surface area contributed by atoms with Gasteiger partial charge in [-0.05, 0) is 55.1 Å². The quantitative estimate of drug-likeness (QED) is 0.881. The van der Waals surface area contributed by atoms with Crippen LogP contribution in [0.2, 0.25) is 0 Å². The van der Waals surface area contributed by atoms with Crippen molar-refractivity contribution < 1.29 is 9.90 Å². The molecule has 1 aliphatic rings. The molecule has 0 unspecified atom stereocenters. The van der Waals surface area contributed by atoms with Gasteiger partial charge in [-0.25, -0.2) is 0 Å². The third-order valence-corrected chi connectivity index (χ3v) is 4.66. The number of nitrogens with one attached hydrogen (secondary N) is 1. The van der Waals surface area contributed by atoms with Crippen LogP contribution in [0.5, 0.6) is 5.75 Å². The first kappa shape index (κ1) is 16.5. The van der Waals surface area contributed by atoms with Gasteiger partial charge in [-0.3, -0.25) is 9.69 Å². The van der Waals surface area contributed by atoms with E-state index in [0.29, 0.717) is 6.54 Å². The molecule has 0 aliphatic carbocycles. The summed E-state index contributed by atoms with van der Waals surface area (Å²) < 4.78 is 0. The molecule has 1 atom stereocenters. The third kappa shape index (κ3) is 3.77. The molecular weight excluding hydrogens is 300 g/mol. The smallest absolute Gasteiger partial charge is 0.238 e. The van der Waals surface area contributed by atoms with Crippen molar-refractivity contribution in [3.63, 3.8) is 0 Å². The number of hydrogen-bond donors (Lipinski definition) is 2. The number of aryl methyl sites for hydroxylation is 1. The molecule has 1 saturated heterocycles. The van der Waals surface area contributed by atoms with Crippen molar-refractivity contribution in [3.8, 4) is 5.75 Å². The number of hydrogen-bond acceptors (Lipinski definition) is 3. The van der Waals surface area contributed by atoms with Gasteiger partial charge in [0.25, 0.3) is 0 Å². The van der Waals surface area contributed by atoms with E-state index in [-0.39, 0.29) is 17.7 Å². The molecule has 2 N–H and O–H groups in total. The number of rotatable bonds is 5. The lowest BCUT2D eigenvalue weighted by Crippen LogP contribution is -2.33. The Bertz CT molecular complexity index is 697. The van der Waals surface area contributed by atoms with Crippen LogP contribution in [0.1, 0.15) is 36.9 Å². The van der Waals surface area contributed by atoms with Gasteiger partial charge in [-0.1, -0.05) is 37.3 Å². The molecule has 0 radical (unpaired) electrons. The monoisotopic (exact) mass is 324 g/mol. The number of phenols is 1. The van der Waals surface area contributed by atoms with Gasteiger partial charge < -0.3 is 10.4 Å². The van der Waals surface area contributed by atoms with Gasteiger partial charge in [-0.2, -0.15) is 0 Å². The molecule has 126 valence electrons. The number of amides is 1. The average Bonchev–Trinajstić information content (AvgIpc) is 3.04. The van der Waals surface area contributed by atoms with Crippen LogP contribution < -0.4 is 5.32 Å². The Morgan fingerprint density at radius 2 is 1.96 bits per heavy atom. The number of carbonyl (C=O) groups is 1. The summed E-state index contributed by atoms with van der Waals surface area (Å²) in [6.07, 6.45) is 3.03. The second-order valence-electron chi connectivity index (χ2n) is 6.28. The van der Waals surface area contributed by atoms with Crippen LogP contribution in [-0.2, 0) is 11.2 Å². The maximum Gasteiger partial charge on any atom is 0.238 e. The van der Waals surface area contributed by atoms with E-state index in [9.17, 15) is 9.90 Å². The molecule has 4 heteroatoms. The molecule has 4 nitrogen and oxygen atoms in total. The van der Waals surface area contributed by atoms with E-state index in [1.165, 1.54) is 0 Å². The molecule has 2 aromatic rings. The number of anilines is 1. The maximum atomic E-state index is 12.5. The van der Waals surface area contributed by atoms with E-state index in [0.717, 1.165) is 42.6 Å². The molecule has 24 heavy (non-hydrogen) atoms. The fourth-order valence-electron chi connectivity index (χ4n) is 3.41. The highest BCUT2D eigenvalue weighted by atomic mass is 16.3. The zero-order chi connectivity index (χ0) is 16.9. The Morgan fingerprint density at radius 1 is 1.21 bits per heavy atom. The summed E-state index contributed by atoms with van der Waals surface area (Å²) in [7, 11) is 0. The number of carbonyl (C=O) groups excluding carboxylic acids is 1. The number of benzene rings is 2. The van der Waals surface area contributed by atoms with Crippen LogP contribution in [0.25, 0.3) is 0 Å². The summed E-state index contributed by atoms with van der Waals surface area (Å²) in [5.74, 6) is 0.304. The van der Waals surface area contributed by atoms with Gasteiger partial charge in [0.15, 0.2) is 0 Å². The Kier molecular flexibility index (Phi) is 5.16. The summed E-state index contributed by atoms with van der Waals surface area (Å²) in [5.41, 5.74) is 3.22. The van der Waals surface area contributed by atoms with E-state index in [1.54, 1.807) is 12.1 Å². The molecule has 0 bridgehead atoms. The SMILES string of the molecule is CCc1ccccc1NC(=O)CN1CCC[C@@H]1c1ccc(O)cc1. The zero-order valence-electron chi connectivity index (χ0n) is 14.0. The van der Waals surface area contributed by atoms with E-state index in [1.807, 2.05) is 36.4 Å². The van der Waals surface area contributed by atoms with E-state index >= 15 is 0 Å². The number of aromatic hydroxyl groups is 1. The van der Waals surface area contributed by atoms with Gasteiger partial charge in [0.05, 0.1) is 6.54 Å². The van der Waals surface area contributed by atoms with Crippen LogP contribution in [0.4, 0.5) is 5.69 Å². The molecule has 1 fully saturated rings. The minimum atomic E-state index is 0.0292. The third-order valence-electron chi connectivity index (χ3n) is 4.66. The highest BCUT2D eigenvalue weighted by molar-refractivity contribution is 5.93. The summed E-state index contributed by atoms with van der Waals surface area (Å²) in [6, 6.07) is 15.5. The first-order valence-corrected chi connectivity index (χ1v) is 8.58. The van der Waals surface area contributed by atoms with Gasteiger partial charge in [0.2, 0.25) is 5.91 Å². The number of phenolic OH excluding ortho intramolecular Hbond substituents is 1. The fourth-order valence-corrected chi connectivity index (χ4v) is 3.41. The average molecular weight is 324 g/mol. The highest BCUT2D eigenvalue weighted by Gasteiger charge is 2.27. The summed E-state index contributed by atoms with van der Waals surface area (Å²) in [5, 5.41) is 12.5. The van der Waals surface area contributed by atoms with E-state index < -0.39 is 0 Å².